The average molecular weight is 770 g/mol. The number of aryl methyl sites for hydroxylation is 2. The number of anilines is 5. The van der Waals surface area contributed by atoms with Crippen LogP contribution in [0.4, 0.5) is 33.4 Å². The van der Waals surface area contributed by atoms with Gasteiger partial charge in [-0.05, 0) is 84.5 Å². The third-order valence-corrected chi connectivity index (χ3v) is 12.0. The van der Waals surface area contributed by atoms with Crippen LogP contribution in [0.3, 0.4) is 0 Å². The molecule has 0 atom stereocenters. The van der Waals surface area contributed by atoms with Crippen LogP contribution in [0.15, 0.2) is 194 Å². The van der Waals surface area contributed by atoms with Gasteiger partial charge in [-0.1, -0.05) is 127 Å². The van der Waals surface area contributed by atoms with Crippen molar-refractivity contribution in [2.45, 2.75) is 20.3 Å². The Morgan fingerprint density at radius 3 is 1.79 bits per heavy atom. The van der Waals surface area contributed by atoms with Gasteiger partial charge in [-0.25, -0.2) is 0 Å². The van der Waals surface area contributed by atoms with E-state index in [2.05, 4.69) is 218 Å². The first-order chi connectivity index (χ1) is 28.4. The van der Waals surface area contributed by atoms with Gasteiger partial charge in [-0.15, -0.1) is 11.3 Å². The maximum atomic E-state index is 11.3. The smallest absolute Gasteiger partial charge is 0.205 e. The van der Waals surface area contributed by atoms with E-state index in [4.69, 9.17) is 0 Å². The first-order valence-corrected chi connectivity index (χ1v) is 20.4. The first-order valence-electron chi connectivity index (χ1n) is 19.6. The van der Waals surface area contributed by atoms with Crippen molar-refractivity contribution in [2.75, 3.05) is 23.9 Å². The lowest BCUT2D eigenvalue weighted by atomic mass is 9.90. The van der Waals surface area contributed by atoms with Gasteiger partial charge in [0.05, 0.1) is 5.56 Å². The quantitative estimate of drug-likeness (QED) is 0.137. The van der Waals surface area contributed by atoms with E-state index in [0.717, 1.165) is 77.4 Å². The largest absolute Gasteiger partial charge is 0.345 e. The van der Waals surface area contributed by atoms with Crippen LogP contribution < -0.4 is 9.80 Å². The summed E-state index contributed by atoms with van der Waals surface area (Å²) in [5, 5.41) is 12.2. The van der Waals surface area contributed by atoms with E-state index in [-0.39, 0.29) is 0 Å². The number of nitrogens with zero attached hydrogens (tertiary/aromatic N) is 4. The summed E-state index contributed by atoms with van der Waals surface area (Å²) in [7, 11) is 4.22. The molecule has 0 saturated heterocycles. The molecule has 0 amide bonds. The third kappa shape index (κ3) is 7.59. The van der Waals surface area contributed by atoms with Gasteiger partial charge in [0, 0.05) is 70.1 Å². The maximum Gasteiger partial charge on any atom is 0.205 e. The zero-order valence-electron chi connectivity index (χ0n) is 33.3. The highest BCUT2D eigenvalue weighted by Crippen LogP contribution is 2.52. The van der Waals surface area contributed by atoms with Crippen molar-refractivity contribution in [3.63, 3.8) is 0 Å². The SMILES string of the molecule is Cc1ccccc1N(c1ccccc1C)c1sc(/C(=C2/C=CC(=[N+](C)c3ccccc3)C=CC2)c2ccc(N(C)c3ccccc3)cc2)c(-c2ccccc2)c1C#N. The first kappa shape index (κ1) is 37.9. The second-order valence-electron chi connectivity index (χ2n) is 14.5. The number of rotatable bonds is 9. The molecule has 1 aliphatic carbocycles. The van der Waals surface area contributed by atoms with Crippen LogP contribution in [0.1, 0.15) is 33.6 Å². The fourth-order valence-electron chi connectivity index (χ4n) is 7.65. The zero-order valence-corrected chi connectivity index (χ0v) is 34.1. The lowest BCUT2D eigenvalue weighted by molar-refractivity contribution is -0.403. The van der Waals surface area contributed by atoms with E-state index < -0.39 is 0 Å². The van der Waals surface area contributed by atoms with Gasteiger partial charge in [0.15, 0.2) is 0 Å². The van der Waals surface area contributed by atoms with E-state index in [9.17, 15) is 5.26 Å². The Bertz CT molecular complexity index is 2690. The average Bonchev–Trinajstić information content (AvgIpc) is 3.47. The molecule has 0 unspecified atom stereocenters. The third-order valence-electron chi connectivity index (χ3n) is 10.8. The lowest BCUT2D eigenvalue weighted by Crippen LogP contribution is -2.12. The van der Waals surface area contributed by atoms with Crippen LogP contribution >= 0.6 is 11.3 Å². The number of allylic oxidation sites excluding steroid dienone is 5. The minimum atomic E-state index is 0.653. The van der Waals surface area contributed by atoms with Gasteiger partial charge >= 0.3 is 0 Å². The highest BCUT2D eigenvalue weighted by Gasteiger charge is 2.30. The number of benzene rings is 6. The molecule has 1 aromatic heterocycles. The molecule has 0 spiro atoms. The molecule has 7 aromatic rings. The summed E-state index contributed by atoms with van der Waals surface area (Å²) < 4.78 is 2.22. The molecule has 58 heavy (non-hydrogen) atoms. The second kappa shape index (κ2) is 17.0. The number of thiophene rings is 1. The van der Waals surface area contributed by atoms with Crippen LogP contribution in [0.2, 0.25) is 0 Å². The Balaban J connectivity index is 1.41. The molecule has 5 heteroatoms. The topological polar surface area (TPSA) is 33.3 Å². The summed E-state index contributed by atoms with van der Waals surface area (Å²) in [5.74, 6) is 0. The molecule has 1 aliphatic rings. The van der Waals surface area contributed by atoms with Crippen molar-refractivity contribution < 1.29 is 4.58 Å². The van der Waals surface area contributed by atoms with Gasteiger partial charge in [-0.2, -0.15) is 9.84 Å². The minimum absolute atomic E-state index is 0.653. The molecule has 0 radical (unpaired) electrons. The Morgan fingerprint density at radius 1 is 0.638 bits per heavy atom. The van der Waals surface area contributed by atoms with Crippen molar-refractivity contribution in [1.29, 1.82) is 5.26 Å². The molecular weight excluding hydrogens is 725 g/mol. The molecule has 8 rings (SSSR count). The Hall–Kier alpha value is -7.00. The van der Waals surface area contributed by atoms with Gasteiger partial charge < -0.3 is 9.80 Å². The van der Waals surface area contributed by atoms with E-state index in [1.807, 2.05) is 18.2 Å². The molecule has 0 N–H and O–H groups in total. The van der Waals surface area contributed by atoms with Crippen LogP contribution in [0, 0.1) is 25.2 Å². The summed E-state index contributed by atoms with van der Waals surface area (Å²) in [5.41, 5.74) is 14.8. The molecule has 282 valence electrons. The van der Waals surface area contributed by atoms with E-state index >= 15 is 0 Å². The molecule has 0 bridgehead atoms. The summed E-state index contributed by atoms with van der Waals surface area (Å²) in [6.07, 6.45) is 9.68. The molecule has 4 nitrogen and oxygen atoms in total. The van der Waals surface area contributed by atoms with Crippen molar-refractivity contribution in [2.24, 2.45) is 0 Å². The molecule has 0 fully saturated rings. The molecule has 0 aliphatic heterocycles. The molecule has 0 saturated carbocycles. The van der Waals surface area contributed by atoms with E-state index in [0.29, 0.717) is 12.0 Å². The van der Waals surface area contributed by atoms with Crippen LogP contribution in [0.5, 0.6) is 0 Å². The molecule has 6 aromatic carbocycles. The fourth-order valence-corrected chi connectivity index (χ4v) is 9.06. The van der Waals surface area contributed by atoms with Crippen molar-refractivity contribution in [3.8, 4) is 17.2 Å². The van der Waals surface area contributed by atoms with E-state index in [1.54, 1.807) is 11.3 Å². The highest BCUT2D eigenvalue weighted by atomic mass is 32.1. The van der Waals surface area contributed by atoms with Crippen LogP contribution in [-0.4, -0.2) is 24.4 Å². The van der Waals surface area contributed by atoms with Gasteiger partial charge in [0.2, 0.25) is 11.4 Å². The van der Waals surface area contributed by atoms with Gasteiger partial charge in [-0.3, -0.25) is 0 Å². The summed E-state index contributed by atoms with van der Waals surface area (Å²) in [6, 6.07) is 59.8. The normalized spacial score (nSPS) is 14.1. The van der Waals surface area contributed by atoms with E-state index in [1.165, 1.54) is 5.57 Å². The fraction of sp³-hybridized carbons (Fsp3) is 0.0943. The summed E-state index contributed by atoms with van der Waals surface area (Å²) in [6.45, 7) is 4.29. The van der Waals surface area contributed by atoms with Crippen molar-refractivity contribution in [3.05, 3.63) is 221 Å². The Labute approximate surface area is 346 Å². The zero-order chi connectivity index (χ0) is 40.0. The predicted octanol–water partition coefficient (Wildman–Crippen LogP) is 13.9. The maximum absolute atomic E-state index is 11.3. The number of hydrogen-bond acceptors (Lipinski definition) is 4. The minimum Gasteiger partial charge on any atom is -0.345 e. The van der Waals surface area contributed by atoms with Gasteiger partial charge in [0.1, 0.15) is 18.1 Å². The Morgan fingerprint density at radius 2 is 1.19 bits per heavy atom. The summed E-state index contributed by atoms with van der Waals surface area (Å²) in [4.78, 5) is 5.57. The van der Waals surface area contributed by atoms with Gasteiger partial charge in [0.25, 0.3) is 0 Å². The highest BCUT2D eigenvalue weighted by molar-refractivity contribution is 7.18. The lowest BCUT2D eigenvalue weighted by Gasteiger charge is -2.27. The standard InChI is InChI=1S/C53H45N4S/c1-38-19-14-16-29-48(38)57(49-30-17-15-20-39(49)2)53-47(37-54)51(40-21-8-5-9-22-40)52(58-53)50(42-32-35-46(36-33-42)56(4)44-26-12-7-13-27-44)41-23-18-28-45(34-31-41)55(3)43-24-10-6-11-25-43/h5-22,24-36H,23H2,1-4H3/q+1. The van der Waals surface area contributed by atoms with Crippen LogP contribution in [-0.2, 0) is 0 Å². The summed E-state index contributed by atoms with van der Waals surface area (Å²) >= 11 is 1.70. The number of hydrogen-bond donors (Lipinski definition) is 0. The predicted molar refractivity (Wildman–Crippen MR) is 246 cm³/mol. The Kier molecular flexibility index (Phi) is 11.1. The number of para-hydroxylation sites is 4. The molecule has 1 heterocycles. The van der Waals surface area contributed by atoms with Crippen LogP contribution in [0.25, 0.3) is 16.7 Å². The van der Waals surface area contributed by atoms with Crippen molar-refractivity contribution >= 4 is 56.1 Å². The molecular formula is C53H45N4S+. The monoisotopic (exact) mass is 769 g/mol. The number of nitriles is 1. The second-order valence-corrected chi connectivity index (χ2v) is 15.5. The van der Waals surface area contributed by atoms with Crippen molar-refractivity contribution in [1.82, 2.24) is 0 Å².